The van der Waals surface area contributed by atoms with Gasteiger partial charge in [-0.05, 0) is 36.4 Å². The standard InChI is InChI=1S/C18H17N3O/c22-18-10-2-1-9-16(18)21-17(15-8-4-6-12-20-15)13-14-7-3-5-11-19-14/h1-12,17,21-22H,13H2. The summed E-state index contributed by atoms with van der Waals surface area (Å²) in [7, 11) is 0. The highest BCUT2D eigenvalue weighted by Crippen LogP contribution is 2.27. The molecule has 4 nitrogen and oxygen atoms in total. The van der Waals surface area contributed by atoms with Crippen LogP contribution in [0.1, 0.15) is 17.4 Å². The predicted octanol–water partition coefficient (Wildman–Crippen LogP) is 3.58. The molecular weight excluding hydrogens is 274 g/mol. The maximum Gasteiger partial charge on any atom is 0.138 e. The summed E-state index contributed by atoms with van der Waals surface area (Å²) < 4.78 is 0. The van der Waals surface area contributed by atoms with Crippen molar-refractivity contribution in [2.75, 3.05) is 5.32 Å². The summed E-state index contributed by atoms with van der Waals surface area (Å²) >= 11 is 0. The molecule has 110 valence electrons. The van der Waals surface area contributed by atoms with E-state index in [0.29, 0.717) is 12.1 Å². The van der Waals surface area contributed by atoms with Gasteiger partial charge in [-0.2, -0.15) is 0 Å². The number of para-hydroxylation sites is 2. The quantitative estimate of drug-likeness (QED) is 0.705. The number of phenolic OH excluding ortho intramolecular Hbond substituents is 1. The molecule has 0 aliphatic carbocycles. The lowest BCUT2D eigenvalue weighted by Crippen LogP contribution is -2.15. The highest BCUT2D eigenvalue weighted by atomic mass is 16.3. The molecule has 0 amide bonds. The van der Waals surface area contributed by atoms with Crippen LogP contribution in [0.5, 0.6) is 5.75 Å². The molecule has 2 N–H and O–H groups in total. The number of benzene rings is 1. The van der Waals surface area contributed by atoms with Crippen LogP contribution in [0.25, 0.3) is 0 Å². The Morgan fingerprint density at radius 3 is 2.27 bits per heavy atom. The molecule has 3 aromatic rings. The maximum atomic E-state index is 9.97. The summed E-state index contributed by atoms with van der Waals surface area (Å²) in [6, 6.07) is 18.8. The van der Waals surface area contributed by atoms with Gasteiger partial charge < -0.3 is 10.4 Å². The lowest BCUT2D eigenvalue weighted by molar-refractivity contribution is 0.476. The van der Waals surface area contributed by atoms with Gasteiger partial charge in [-0.15, -0.1) is 0 Å². The van der Waals surface area contributed by atoms with Gasteiger partial charge in [-0.25, -0.2) is 0 Å². The first kappa shape index (κ1) is 14.1. The molecule has 0 bridgehead atoms. The SMILES string of the molecule is Oc1ccccc1NC(Cc1ccccn1)c1ccccn1. The van der Waals surface area contributed by atoms with Gasteiger partial charge in [0.05, 0.1) is 17.4 Å². The molecule has 1 aromatic carbocycles. The van der Waals surface area contributed by atoms with E-state index >= 15 is 0 Å². The highest BCUT2D eigenvalue weighted by Gasteiger charge is 2.15. The van der Waals surface area contributed by atoms with Gasteiger partial charge in [-0.3, -0.25) is 9.97 Å². The van der Waals surface area contributed by atoms with E-state index in [4.69, 9.17) is 0 Å². The van der Waals surface area contributed by atoms with Crippen molar-refractivity contribution in [3.8, 4) is 5.75 Å². The number of nitrogens with zero attached hydrogens (tertiary/aromatic N) is 2. The summed E-state index contributed by atoms with van der Waals surface area (Å²) in [6.45, 7) is 0. The lowest BCUT2D eigenvalue weighted by atomic mass is 10.1. The second-order valence-electron chi connectivity index (χ2n) is 4.99. The summed E-state index contributed by atoms with van der Waals surface area (Å²) in [5, 5.41) is 13.3. The number of pyridine rings is 2. The Kier molecular flexibility index (Phi) is 4.30. The van der Waals surface area contributed by atoms with Crippen molar-refractivity contribution in [2.24, 2.45) is 0 Å². The number of rotatable bonds is 5. The van der Waals surface area contributed by atoms with Crippen LogP contribution in [0.2, 0.25) is 0 Å². The first-order valence-corrected chi connectivity index (χ1v) is 7.18. The number of hydrogen-bond donors (Lipinski definition) is 2. The molecule has 0 aliphatic rings. The zero-order chi connectivity index (χ0) is 15.2. The second-order valence-corrected chi connectivity index (χ2v) is 4.99. The minimum atomic E-state index is -0.0654. The van der Waals surface area contributed by atoms with Gasteiger partial charge in [0.15, 0.2) is 0 Å². The molecular formula is C18H17N3O. The minimum Gasteiger partial charge on any atom is -0.506 e. The molecule has 0 aliphatic heterocycles. The molecule has 0 fully saturated rings. The first-order valence-electron chi connectivity index (χ1n) is 7.18. The Hall–Kier alpha value is -2.88. The number of anilines is 1. The van der Waals surface area contributed by atoms with Gasteiger partial charge in [0.1, 0.15) is 5.75 Å². The van der Waals surface area contributed by atoms with Crippen molar-refractivity contribution in [1.82, 2.24) is 9.97 Å². The third-order valence-corrected chi connectivity index (χ3v) is 3.42. The third-order valence-electron chi connectivity index (χ3n) is 3.42. The zero-order valence-corrected chi connectivity index (χ0v) is 12.1. The molecule has 2 heterocycles. The fraction of sp³-hybridized carbons (Fsp3) is 0.111. The van der Waals surface area contributed by atoms with E-state index in [0.717, 1.165) is 11.4 Å². The predicted molar refractivity (Wildman–Crippen MR) is 86.6 cm³/mol. The van der Waals surface area contributed by atoms with Gasteiger partial charge in [0.2, 0.25) is 0 Å². The summed E-state index contributed by atoms with van der Waals surface area (Å²) in [4.78, 5) is 8.81. The topological polar surface area (TPSA) is 58.0 Å². The number of aromatic nitrogens is 2. The molecule has 2 aromatic heterocycles. The van der Waals surface area contributed by atoms with Crippen LogP contribution >= 0.6 is 0 Å². The fourth-order valence-electron chi connectivity index (χ4n) is 2.32. The van der Waals surface area contributed by atoms with Crippen molar-refractivity contribution in [3.63, 3.8) is 0 Å². The van der Waals surface area contributed by atoms with E-state index in [1.807, 2.05) is 48.5 Å². The van der Waals surface area contributed by atoms with Crippen LogP contribution in [0.4, 0.5) is 5.69 Å². The van der Waals surface area contributed by atoms with Crippen LogP contribution in [-0.2, 0) is 6.42 Å². The van der Waals surface area contributed by atoms with Crippen LogP contribution < -0.4 is 5.32 Å². The van der Waals surface area contributed by atoms with Crippen molar-refractivity contribution in [2.45, 2.75) is 12.5 Å². The maximum absolute atomic E-state index is 9.97. The Bertz CT molecular complexity index is 717. The van der Waals surface area contributed by atoms with Gasteiger partial charge >= 0.3 is 0 Å². The Balaban J connectivity index is 1.88. The van der Waals surface area contributed by atoms with Crippen LogP contribution in [0.3, 0.4) is 0 Å². The summed E-state index contributed by atoms with van der Waals surface area (Å²) in [6.07, 6.45) is 4.24. The number of phenols is 1. The monoisotopic (exact) mass is 291 g/mol. The number of hydrogen-bond acceptors (Lipinski definition) is 4. The van der Waals surface area contributed by atoms with Crippen molar-refractivity contribution in [3.05, 3.63) is 84.4 Å². The molecule has 3 rings (SSSR count). The average molecular weight is 291 g/mol. The Morgan fingerprint density at radius 1 is 0.864 bits per heavy atom. The van der Waals surface area contributed by atoms with E-state index < -0.39 is 0 Å². The molecule has 1 atom stereocenters. The van der Waals surface area contributed by atoms with Gasteiger partial charge in [0.25, 0.3) is 0 Å². The Morgan fingerprint density at radius 2 is 1.59 bits per heavy atom. The summed E-state index contributed by atoms with van der Waals surface area (Å²) in [5.41, 5.74) is 2.58. The number of nitrogens with one attached hydrogen (secondary N) is 1. The molecule has 0 saturated carbocycles. The normalized spacial score (nSPS) is 11.8. The largest absolute Gasteiger partial charge is 0.506 e. The van der Waals surface area contributed by atoms with Crippen LogP contribution in [0, 0.1) is 0 Å². The molecule has 0 saturated heterocycles. The first-order chi connectivity index (χ1) is 10.8. The zero-order valence-electron chi connectivity index (χ0n) is 12.1. The van der Waals surface area contributed by atoms with E-state index in [-0.39, 0.29) is 11.8 Å². The minimum absolute atomic E-state index is 0.0654. The number of aromatic hydroxyl groups is 1. The molecule has 1 unspecified atom stereocenters. The lowest BCUT2D eigenvalue weighted by Gasteiger charge is -2.20. The van der Waals surface area contributed by atoms with Crippen LogP contribution in [-0.4, -0.2) is 15.1 Å². The van der Waals surface area contributed by atoms with Crippen molar-refractivity contribution in [1.29, 1.82) is 0 Å². The van der Waals surface area contributed by atoms with Gasteiger partial charge in [0, 0.05) is 24.5 Å². The van der Waals surface area contributed by atoms with E-state index in [1.165, 1.54) is 0 Å². The molecule has 0 radical (unpaired) electrons. The third kappa shape index (κ3) is 3.41. The van der Waals surface area contributed by atoms with Gasteiger partial charge in [-0.1, -0.05) is 24.3 Å². The van der Waals surface area contributed by atoms with E-state index in [1.54, 1.807) is 24.5 Å². The fourth-order valence-corrected chi connectivity index (χ4v) is 2.32. The molecule has 4 heteroatoms. The van der Waals surface area contributed by atoms with Crippen molar-refractivity contribution < 1.29 is 5.11 Å². The highest BCUT2D eigenvalue weighted by molar-refractivity contribution is 5.56. The molecule has 22 heavy (non-hydrogen) atoms. The Labute approximate surface area is 129 Å². The smallest absolute Gasteiger partial charge is 0.138 e. The molecule has 0 spiro atoms. The average Bonchev–Trinajstić information content (AvgIpc) is 2.58. The summed E-state index contributed by atoms with van der Waals surface area (Å²) in [5.74, 6) is 0.226. The van der Waals surface area contributed by atoms with E-state index in [9.17, 15) is 5.11 Å². The van der Waals surface area contributed by atoms with E-state index in [2.05, 4.69) is 15.3 Å². The van der Waals surface area contributed by atoms with Crippen molar-refractivity contribution >= 4 is 5.69 Å². The van der Waals surface area contributed by atoms with Crippen LogP contribution in [0.15, 0.2) is 73.1 Å². The second kappa shape index (κ2) is 6.72.